The van der Waals surface area contributed by atoms with E-state index in [1.165, 1.54) is 0 Å². The number of likely N-dealkylation sites (tertiary alicyclic amines) is 1. The van der Waals surface area contributed by atoms with Crippen LogP contribution in [0, 0.1) is 5.92 Å². The summed E-state index contributed by atoms with van der Waals surface area (Å²) in [6, 6.07) is 6.74. The number of benzene rings is 1. The van der Waals surface area contributed by atoms with Crippen LogP contribution in [0.3, 0.4) is 0 Å². The second-order valence-corrected chi connectivity index (χ2v) is 7.18. The van der Waals surface area contributed by atoms with E-state index in [0.29, 0.717) is 25.9 Å². The Morgan fingerprint density at radius 2 is 1.70 bits per heavy atom. The predicted molar refractivity (Wildman–Crippen MR) is 104 cm³/mol. The maximum absolute atomic E-state index is 12.4. The van der Waals surface area contributed by atoms with Crippen molar-refractivity contribution in [1.29, 1.82) is 0 Å². The standard InChI is InChI=1S/C21H30N2O4/c1-3-16(4-2)20(25)23-13-11-18(12-14-23)22-19(24)10-7-15-5-8-17(9-6-15)21(26)27/h5-6,8-9,16,18H,3-4,7,10-14H2,1-2H3,(H,22,24)(H,26,27). The number of nitrogens with zero attached hydrogens (tertiary/aromatic N) is 1. The smallest absolute Gasteiger partial charge is 0.335 e. The van der Waals surface area contributed by atoms with E-state index in [4.69, 9.17) is 5.11 Å². The third kappa shape index (κ3) is 6.08. The summed E-state index contributed by atoms with van der Waals surface area (Å²) >= 11 is 0. The van der Waals surface area contributed by atoms with E-state index in [1.54, 1.807) is 24.3 Å². The molecule has 0 aromatic heterocycles. The summed E-state index contributed by atoms with van der Waals surface area (Å²) in [5.41, 5.74) is 1.19. The molecule has 1 fully saturated rings. The first kappa shape index (κ1) is 20.9. The summed E-state index contributed by atoms with van der Waals surface area (Å²) in [5.74, 6) is -0.589. The first-order chi connectivity index (χ1) is 12.9. The molecule has 6 heteroatoms. The summed E-state index contributed by atoms with van der Waals surface area (Å²) in [6.45, 7) is 5.51. The molecule has 2 N–H and O–H groups in total. The van der Waals surface area contributed by atoms with Gasteiger partial charge in [-0.3, -0.25) is 9.59 Å². The minimum Gasteiger partial charge on any atom is -0.478 e. The van der Waals surface area contributed by atoms with Gasteiger partial charge in [-0.05, 0) is 49.8 Å². The Bertz CT molecular complexity index is 645. The summed E-state index contributed by atoms with van der Waals surface area (Å²) in [5, 5.41) is 12.0. The zero-order valence-corrected chi connectivity index (χ0v) is 16.2. The average Bonchev–Trinajstić information content (AvgIpc) is 2.68. The van der Waals surface area contributed by atoms with Crippen LogP contribution in [-0.4, -0.2) is 46.9 Å². The highest BCUT2D eigenvalue weighted by atomic mass is 16.4. The predicted octanol–water partition coefficient (Wildman–Crippen LogP) is 2.86. The lowest BCUT2D eigenvalue weighted by Gasteiger charge is -2.34. The van der Waals surface area contributed by atoms with Gasteiger partial charge in [-0.25, -0.2) is 4.79 Å². The van der Waals surface area contributed by atoms with E-state index in [2.05, 4.69) is 5.32 Å². The normalized spacial score (nSPS) is 15.0. The Balaban J connectivity index is 1.72. The lowest BCUT2D eigenvalue weighted by atomic mass is 9.98. The third-order valence-corrected chi connectivity index (χ3v) is 5.35. The fraction of sp³-hybridized carbons (Fsp3) is 0.571. The molecule has 1 saturated heterocycles. The van der Waals surface area contributed by atoms with Crippen molar-refractivity contribution in [3.05, 3.63) is 35.4 Å². The van der Waals surface area contributed by atoms with Gasteiger partial charge in [0.05, 0.1) is 5.56 Å². The number of nitrogens with one attached hydrogen (secondary N) is 1. The molecule has 0 aliphatic carbocycles. The molecule has 1 heterocycles. The van der Waals surface area contributed by atoms with Gasteiger partial charge in [-0.15, -0.1) is 0 Å². The highest BCUT2D eigenvalue weighted by Gasteiger charge is 2.27. The Morgan fingerprint density at radius 1 is 1.11 bits per heavy atom. The first-order valence-electron chi connectivity index (χ1n) is 9.85. The fourth-order valence-electron chi connectivity index (χ4n) is 3.51. The molecule has 6 nitrogen and oxygen atoms in total. The van der Waals surface area contributed by atoms with Gasteiger partial charge in [0.15, 0.2) is 0 Å². The minimum atomic E-state index is -0.951. The highest BCUT2D eigenvalue weighted by molar-refractivity contribution is 5.87. The van der Waals surface area contributed by atoms with Crippen molar-refractivity contribution in [2.45, 2.75) is 58.4 Å². The van der Waals surface area contributed by atoms with Crippen LogP contribution in [-0.2, 0) is 16.0 Å². The maximum Gasteiger partial charge on any atom is 0.335 e. The molecule has 0 bridgehead atoms. The van der Waals surface area contributed by atoms with E-state index in [0.717, 1.165) is 31.2 Å². The molecular weight excluding hydrogens is 344 g/mol. The SMILES string of the molecule is CCC(CC)C(=O)N1CCC(NC(=O)CCc2ccc(C(=O)O)cc2)CC1. The topological polar surface area (TPSA) is 86.7 Å². The molecular formula is C21H30N2O4. The second-order valence-electron chi connectivity index (χ2n) is 7.18. The Hall–Kier alpha value is -2.37. The summed E-state index contributed by atoms with van der Waals surface area (Å²) < 4.78 is 0. The molecule has 0 atom stereocenters. The largest absolute Gasteiger partial charge is 0.478 e. The fourth-order valence-corrected chi connectivity index (χ4v) is 3.51. The Kier molecular flexibility index (Phi) is 7.82. The van der Waals surface area contributed by atoms with Crippen molar-refractivity contribution < 1.29 is 19.5 Å². The van der Waals surface area contributed by atoms with Crippen LogP contribution < -0.4 is 5.32 Å². The van der Waals surface area contributed by atoms with Crippen LogP contribution in [0.1, 0.15) is 61.9 Å². The number of rotatable bonds is 8. The van der Waals surface area contributed by atoms with Crippen molar-refractivity contribution in [2.24, 2.45) is 5.92 Å². The van der Waals surface area contributed by atoms with E-state index in [1.807, 2.05) is 18.7 Å². The summed E-state index contributed by atoms with van der Waals surface area (Å²) in [7, 11) is 0. The van der Waals surface area contributed by atoms with Crippen LogP contribution >= 0.6 is 0 Å². The molecule has 148 valence electrons. The van der Waals surface area contributed by atoms with Gasteiger partial charge in [0.2, 0.25) is 11.8 Å². The lowest BCUT2D eigenvalue weighted by Crippen LogP contribution is -2.48. The third-order valence-electron chi connectivity index (χ3n) is 5.35. The van der Waals surface area contributed by atoms with Crippen LogP contribution in [0.15, 0.2) is 24.3 Å². The molecule has 0 unspecified atom stereocenters. The molecule has 2 rings (SSSR count). The van der Waals surface area contributed by atoms with Gasteiger partial charge in [0.1, 0.15) is 0 Å². The molecule has 0 saturated carbocycles. The number of aromatic carboxylic acids is 1. The number of amides is 2. The minimum absolute atomic E-state index is 0.00193. The Labute approximate surface area is 160 Å². The van der Waals surface area contributed by atoms with Gasteiger partial charge >= 0.3 is 5.97 Å². The van der Waals surface area contributed by atoms with E-state index in [-0.39, 0.29) is 29.3 Å². The average molecular weight is 374 g/mol. The molecule has 2 amide bonds. The van der Waals surface area contributed by atoms with Crippen molar-refractivity contribution >= 4 is 17.8 Å². The number of carbonyl (C=O) groups excluding carboxylic acids is 2. The van der Waals surface area contributed by atoms with Crippen molar-refractivity contribution in [2.75, 3.05) is 13.1 Å². The van der Waals surface area contributed by atoms with Crippen molar-refractivity contribution in [3.8, 4) is 0 Å². The van der Waals surface area contributed by atoms with Gasteiger partial charge in [0.25, 0.3) is 0 Å². The molecule has 1 aromatic carbocycles. The van der Waals surface area contributed by atoms with Crippen molar-refractivity contribution in [3.63, 3.8) is 0 Å². The van der Waals surface area contributed by atoms with E-state index in [9.17, 15) is 14.4 Å². The van der Waals surface area contributed by atoms with Gasteiger partial charge in [-0.1, -0.05) is 26.0 Å². The zero-order valence-electron chi connectivity index (χ0n) is 16.2. The maximum atomic E-state index is 12.4. The van der Waals surface area contributed by atoms with Crippen LogP contribution in [0.4, 0.5) is 0 Å². The summed E-state index contributed by atoms with van der Waals surface area (Å²) in [6.07, 6.45) is 4.30. The van der Waals surface area contributed by atoms with Gasteiger partial charge in [0, 0.05) is 31.5 Å². The monoisotopic (exact) mass is 374 g/mol. The van der Waals surface area contributed by atoms with E-state index < -0.39 is 5.97 Å². The van der Waals surface area contributed by atoms with Crippen LogP contribution in [0.5, 0.6) is 0 Å². The lowest BCUT2D eigenvalue weighted by molar-refractivity contribution is -0.137. The molecule has 1 aromatic rings. The van der Waals surface area contributed by atoms with Crippen molar-refractivity contribution in [1.82, 2.24) is 10.2 Å². The summed E-state index contributed by atoms with van der Waals surface area (Å²) in [4.78, 5) is 37.4. The highest BCUT2D eigenvalue weighted by Crippen LogP contribution is 2.17. The number of carboxylic acid groups (broad SMARTS) is 1. The Morgan fingerprint density at radius 3 is 2.22 bits per heavy atom. The molecule has 1 aliphatic rings. The first-order valence-corrected chi connectivity index (χ1v) is 9.85. The number of carbonyl (C=O) groups is 3. The molecule has 0 radical (unpaired) electrons. The quantitative estimate of drug-likeness (QED) is 0.732. The number of piperidine rings is 1. The number of carboxylic acids is 1. The van der Waals surface area contributed by atoms with Gasteiger partial charge in [-0.2, -0.15) is 0 Å². The van der Waals surface area contributed by atoms with E-state index >= 15 is 0 Å². The number of aryl methyl sites for hydroxylation is 1. The van der Waals surface area contributed by atoms with Crippen LogP contribution in [0.25, 0.3) is 0 Å². The molecule has 0 spiro atoms. The number of hydrogen-bond acceptors (Lipinski definition) is 3. The zero-order chi connectivity index (χ0) is 19.8. The molecule has 1 aliphatic heterocycles. The van der Waals surface area contributed by atoms with Crippen LogP contribution in [0.2, 0.25) is 0 Å². The number of hydrogen-bond donors (Lipinski definition) is 2. The molecule has 27 heavy (non-hydrogen) atoms. The second kappa shape index (κ2) is 10.1. The van der Waals surface area contributed by atoms with Gasteiger partial charge < -0.3 is 15.3 Å².